The van der Waals surface area contributed by atoms with Crippen molar-refractivity contribution in [2.24, 2.45) is 0 Å². The van der Waals surface area contributed by atoms with E-state index in [1.54, 1.807) is 24.1 Å². The number of amides is 2. The number of hydrogen-bond acceptors (Lipinski definition) is 4. The standard InChI is InChI=1S/C19H21N5O3/c1-27-7-6-20-19(26)17-9-13-8-12(11-24(13)23-17)22-18(25)15-10-21-16-5-3-2-4-14(15)16/h2-5,9-10,12,21H,6-8,11H2,1H3,(H,20,26)(H,22,25)/t12-/m0/s1. The zero-order chi connectivity index (χ0) is 18.8. The van der Waals surface area contributed by atoms with Gasteiger partial charge in [-0.3, -0.25) is 14.3 Å². The molecule has 0 spiro atoms. The molecule has 8 heteroatoms. The minimum atomic E-state index is -0.215. The molecule has 1 aromatic carbocycles. The van der Waals surface area contributed by atoms with Gasteiger partial charge in [-0.2, -0.15) is 5.10 Å². The number of ether oxygens (including phenoxy) is 1. The van der Waals surface area contributed by atoms with Crippen LogP contribution in [0, 0.1) is 0 Å². The average Bonchev–Trinajstić information content (AvgIpc) is 3.34. The Morgan fingerprint density at radius 2 is 2.19 bits per heavy atom. The molecule has 0 saturated heterocycles. The lowest BCUT2D eigenvalue weighted by atomic mass is 10.1. The molecule has 0 aliphatic carbocycles. The monoisotopic (exact) mass is 367 g/mol. The van der Waals surface area contributed by atoms with Gasteiger partial charge in [0.1, 0.15) is 5.69 Å². The Morgan fingerprint density at radius 1 is 1.33 bits per heavy atom. The Kier molecular flexibility index (Phi) is 4.64. The predicted molar refractivity (Wildman–Crippen MR) is 99.7 cm³/mol. The number of methoxy groups -OCH3 is 1. The topological polar surface area (TPSA) is 101 Å². The SMILES string of the molecule is COCCNC(=O)c1cc2n(n1)C[C@@H](NC(=O)c1c[nH]c3ccccc13)C2. The van der Waals surface area contributed by atoms with E-state index in [9.17, 15) is 9.59 Å². The van der Waals surface area contributed by atoms with Gasteiger partial charge in [-0.15, -0.1) is 0 Å². The van der Waals surface area contributed by atoms with Crippen LogP contribution in [0.3, 0.4) is 0 Å². The van der Waals surface area contributed by atoms with Gasteiger partial charge in [0.2, 0.25) is 0 Å². The number of hydrogen-bond donors (Lipinski definition) is 3. The van der Waals surface area contributed by atoms with E-state index in [0.29, 0.717) is 37.4 Å². The van der Waals surface area contributed by atoms with E-state index in [-0.39, 0.29) is 17.9 Å². The van der Waals surface area contributed by atoms with Gasteiger partial charge in [-0.05, 0) is 12.1 Å². The van der Waals surface area contributed by atoms with Gasteiger partial charge in [0.25, 0.3) is 11.8 Å². The van der Waals surface area contributed by atoms with Crippen molar-refractivity contribution in [1.82, 2.24) is 25.4 Å². The Bertz CT molecular complexity index is 967. The summed E-state index contributed by atoms with van der Waals surface area (Å²) in [4.78, 5) is 27.8. The van der Waals surface area contributed by atoms with Gasteiger partial charge in [0.05, 0.1) is 24.8 Å². The number of aromatic nitrogens is 3. The third-order valence-corrected chi connectivity index (χ3v) is 4.71. The molecule has 3 N–H and O–H groups in total. The molecule has 2 aromatic heterocycles. The van der Waals surface area contributed by atoms with E-state index >= 15 is 0 Å². The van der Waals surface area contributed by atoms with Crippen molar-refractivity contribution in [3.8, 4) is 0 Å². The lowest BCUT2D eigenvalue weighted by Gasteiger charge is -2.11. The van der Waals surface area contributed by atoms with Gasteiger partial charge in [0, 0.05) is 42.9 Å². The second kappa shape index (κ2) is 7.24. The molecule has 0 saturated carbocycles. The van der Waals surface area contributed by atoms with Crippen molar-refractivity contribution in [2.45, 2.75) is 19.0 Å². The third kappa shape index (κ3) is 3.43. The summed E-state index contributed by atoms with van der Waals surface area (Å²) >= 11 is 0. The summed E-state index contributed by atoms with van der Waals surface area (Å²) in [6.45, 7) is 1.46. The average molecular weight is 367 g/mol. The Hall–Kier alpha value is -3.13. The van der Waals surface area contributed by atoms with Crippen molar-refractivity contribution >= 4 is 22.7 Å². The zero-order valence-electron chi connectivity index (χ0n) is 15.0. The maximum atomic E-state index is 12.6. The summed E-state index contributed by atoms with van der Waals surface area (Å²) in [6.07, 6.45) is 2.38. The third-order valence-electron chi connectivity index (χ3n) is 4.71. The summed E-state index contributed by atoms with van der Waals surface area (Å²) < 4.78 is 6.70. The fourth-order valence-electron chi connectivity index (χ4n) is 3.39. The molecule has 0 bridgehead atoms. The molecular formula is C19H21N5O3. The quantitative estimate of drug-likeness (QED) is 0.568. The lowest BCUT2D eigenvalue weighted by molar-refractivity contribution is 0.0922. The van der Waals surface area contributed by atoms with E-state index < -0.39 is 0 Å². The molecule has 27 heavy (non-hydrogen) atoms. The predicted octanol–water partition coefficient (Wildman–Crippen LogP) is 1.10. The van der Waals surface area contributed by atoms with Gasteiger partial charge in [-0.25, -0.2) is 0 Å². The molecule has 2 amide bonds. The number of aromatic amines is 1. The van der Waals surface area contributed by atoms with Crippen molar-refractivity contribution in [3.05, 3.63) is 53.5 Å². The fraction of sp³-hybridized carbons (Fsp3) is 0.316. The molecule has 0 fully saturated rings. The first-order chi connectivity index (χ1) is 13.2. The maximum Gasteiger partial charge on any atom is 0.271 e. The van der Waals surface area contributed by atoms with E-state index in [2.05, 4.69) is 20.7 Å². The molecule has 3 heterocycles. The first kappa shape index (κ1) is 17.3. The number of rotatable bonds is 6. The Morgan fingerprint density at radius 3 is 3.00 bits per heavy atom. The van der Waals surface area contributed by atoms with Crippen LogP contribution in [0.15, 0.2) is 36.5 Å². The smallest absolute Gasteiger partial charge is 0.271 e. The van der Waals surface area contributed by atoms with Crippen LogP contribution in [0.1, 0.15) is 26.5 Å². The van der Waals surface area contributed by atoms with Crippen molar-refractivity contribution in [2.75, 3.05) is 20.3 Å². The van der Waals surface area contributed by atoms with Gasteiger partial charge in [0.15, 0.2) is 0 Å². The molecule has 1 atom stereocenters. The maximum absolute atomic E-state index is 12.6. The van der Waals surface area contributed by atoms with Crippen LogP contribution < -0.4 is 10.6 Å². The molecule has 4 rings (SSSR count). The highest BCUT2D eigenvalue weighted by atomic mass is 16.5. The molecule has 1 aliphatic heterocycles. The van der Waals surface area contributed by atoms with Crippen molar-refractivity contribution < 1.29 is 14.3 Å². The minimum absolute atomic E-state index is 0.0423. The highest BCUT2D eigenvalue weighted by molar-refractivity contribution is 6.06. The number of benzene rings is 1. The van der Waals surface area contributed by atoms with Gasteiger partial charge >= 0.3 is 0 Å². The van der Waals surface area contributed by atoms with Crippen LogP contribution in [0.2, 0.25) is 0 Å². The van der Waals surface area contributed by atoms with Gasteiger partial charge in [-0.1, -0.05) is 18.2 Å². The van der Waals surface area contributed by atoms with Crippen LogP contribution >= 0.6 is 0 Å². The second-order valence-corrected chi connectivity index (χ2v) is 6.57. The molecule has 1 aliphatic rings. The molecule has 140 valence electrons. The molecule has 3 aromatic rings. The van der Waals surface area contributed by atoms with Crippen LogP contribution in [-0.2, 0) is 17.7 Å². The van der Waals surface area contributed by atoms with E-state index in [0.717, 1.165) is 16.6 Å². The largest absolute Gasteiger partial charge is 0.383 e. The molecular weight excluding hydrogens is 346 g/mol. The number of carbonyl (C=O) groups is 2. The van der Waals surface area contributed by atoms with Gasteiger partial charge < -0.3 is 20.4 Å². The lowest BCUT2D eigenvalue weighted by Crippen LogP contribution is -2.36. The fourth-order valence-corrected chi connectivity index (χ4v) is 3.39. The van der Waals surface area contributed by atoms with Crippen LogP contribution in [0.4, 0.5) is 0 Å². The summed E-state index contributed by atoms with van der Waals surface area (Å²) in [5.41, 5.74) is 2.90. The molecule has 0 unspecified atom stereocenters. The van der Waals surface area contributed by atoms with Crippen molar-refractivity contribution in [3.63, 3.8) is 0 Å². The highest BCUT2D eigenvalue weighted by Crippen LogP contribution is 2.20. The highest BCUT2D eigenvalue weighted by Gasteiger charge is 2.27. The van der Waals surface area contributed by atoms with E-state index in [4.69, 9.17) is 4.74 Å². The Labute approximate surface area is 155 Å². The first-order valence-corrected chi connectivity index (χ1v) is 8.86. The second-order valence-electron chi connectivity index (χ2n) is 6.57. The zero-order valence-corrected chi connectivity index (χ0v) is 15.0. The Balaban J connectivity index is 1.38. The summed E-state index contributed by atoms with van der Waals surface area (Å²) in [6, 6.07) is 9.45. The number of nitrogens with one attached hydrogen (secondary N) is 3. The van der Waals surface area contributed by atoms with Crippen LogP contribution in [0.5, 0.6) is 0 Å². The number of nitrogens with zero attached hydrogens (tertiary/aromatic N) is 2. The molecule has 8 nitrogen and oxygen atoms in total. The van der Waals surface area contributed by atoms with Crippen LogP contribution in [0.25, 0.3) is 10.9 Å². The number of fused-ring (bicyclic) bond motifs is 2. The number of carbonyl (C=O) groups excluding carboxylic acids is 2. The number of para-hydroxylation sites is 1. The first-order valence-electron chi connectivity index (χ1n) is 8.86. The van der Waals surface area contributed by atoms with Crippen LogP contribution in [-0.4, -0.2) is 52.9 Å². The summed E-state index contributed by atoms with van der Waals surface area (Å²) in [5, 5.41) is 11.1. The van der Waals surface area contributed by atoms with E-state index in [1.807, 2.05) is 24.3 Å². The van der Waals surface area contributed by atoms with E-state index in [1.165, 1.54) is 0 Å². The minimum Gasteiger partial charge on any atom is -0.383 e. The molecule has 0 radical (unpaired) electrons. The summed E-state index contributed by atoms with van der Waals surface area (Å²) in [5.74, 6) is -0.325. The number of H-pyrrole nitrogens is 1. The van der Waals surface area contributed by atoms with Crippen molar-refractivity contribution in [1.29, 1.82) is 0 Å². The normalized spacial score (nSPS) is 15.7. The summed E-state index contributed by atoms with van der Waals surface area (Å²) in [7, 11) is 1.59.